The first kappa shape index (κ1) is 3.54. The summed E-state index contributed by atoms with van der Waals surface area (Å²) in [6.07, 6.45) is 7.43. The Labute approximate surface area is 49.0 Å². The summed E-state index contributed by atoms with van der Waals surface area (Å²) in [5, 5.41) is 0. The fourth-order valence-electron chi connectivity index (χ4n) is 2.20. The molecule has 0 N–H and O–H groups in total. The van der Waals surface area contributed by atoms with Gasteiger partial charge in [0.15, 0.2) is 0 Å². The summed E-state index contributed by atoms with van der Waals surface area (Å²) in [4.78, 5) is 2.49. The Morgan fingerprint density at radius 1 is 1.50 bits per heavy atom. The Bertz CT molecular complexity index is 162. The molecule has 2 aliphatic heterocycles. The molecule has 42 valence electrons. The third kappa shape index (κ3) is 0.206. The number of nitrogens with zero attached hydrogens (tertiary/aromatic N) is 1. The third-order valence-electron chi connectivity index (χ3n) is 2.78. The summed E-state index contributed by atoms with van der Waals surface area (Å²) < 4.78 is 0. The Balaban J connectivity index is 2.05. The fraction of sp³-hybridized carbons (Fsp3) is 0.714. The van der Waals surface area contributed by atoms with Gasteiger partial charge >= 0.3 is 0 Å². The van der Waals surface area contributed by atoms with E-state index in [0.717, 1.165) is 18.0 Å². The lowest BCUT2D eigenvalue weighted by Crippen LogP contribution is -2.23. The maximum Gasteiger partial charge on any atom is 0.0523 e. The van der Waals surface area contributed by atoms with Gasteiger partial charge in [0.1, 0.15) is 0 Å². The molecule has 1 aliphatic carbocycles. The predicted octanol–water partition coefficient (Wildman–Crippen LogP) is 0.976. The Hall–Kier alpha value is -0.460. The van der Waals surface area contributed by atoms with Crippen LogP contribution >= 0.6 is 0 Å². The molecule has 2 unspecified atom stereocenters. The van der Waals surface area contributed by atoms with Crippen LogP contribution in [-0.2, 0) is 0 Å². The molecular weight excluding hydrogens is 98.1 g/mol. The zero-order chi connectivity index (χ0) is 5.14. The average Bonchev–Trinajstić information content (AvgIpc) is 2.33. The van der Waals surface area contributed by atoms with Crippen molar-refractivity contribution in [3.63, 3.8) is 0 Å². The van der Waals surface area contributed by atoms with Gasteiger partial charge in [-0.3, -0.25) is 0 Å². The highest BCUT2D eigenvalue weighted by Gasteiger charge is 2.60. The van der Waals surface area contributed by atoms with Gasteiger partial charge in [0.05, 0.1) is 6.04 Å². The first-order chi connectivity index (χ1) is 3.97. The average molecular weight is 107 g/mol. The van der Waals surface area contributed by atoms with Crippen molar-refractivity contribution < 1.29 is 0 Å². The Morgan fingerprint density at radius 2 is 2.50 bits per heavy atom. The third-order valence-corrected chi connectivity index (χ3v) is 2.78. The van der Waals surface area contributed by atoms with Gasteiger partial charge in [-0.05, 0) is 25.0 Å². The molecule has 1 saturated carbocycles. The predicted molar refractivity (Wildman–Crippen MR) is 31.3 cm³/mol. The molecule has 0 bridgehead atoms. The van der Waals surface area contributed by atoms with Crippen molar-refractivity contribution in [1.29, 1.82) is 0 Å². The highest BCUT2D eigenvalue weighted by atomic mass is 15.4. The minimum atomic E-state index is 0.999. The second-order valence-corrected chi connectivity index (χ2v) is 3.12. The molecule has 2 heterocycles. The summed E-state index contributed by atoms with van der Waals surface area (Å²) in [5.74, 6) is 1.06. The van der Waals surface area contributed by atoms with E-state index >= 15 is 0 Å². The van der Waals surface area contributed by atoms with Gasteiger partial charge in [-0.1, -0.05) is 6.08 Å². The van der Waals surface area contributed by atoms with Gasteiger partial charge in [-0.15, -0.1) is 0 Å². The van der Waals surface area contributed by atoms with E-state index in [1.54, 1.807) is 0 Å². The maximum absolute atomic E-state index is 2.49. The molecule has 0 amide bonds. The molecule has 8 heavy (non-hydrogen) atoms. The lowest BCUT2D eigenvalue weighted by atomic mass is 9.83. The molecule has 0 spiro atoms. The Morgan fingerprint density at radius 3 is 3.25 bits per heavy atom. The van der Waals surface area contributed by atoms with Crippen LogP contribution in [0.25, 0.3) is 0 Å². The van der Waals surface area contributed by atoms with Crippen molar-refractivity contribution >= 4 is 0 Å². The fourth-order valence-corrected chi connectivity index (χ4v) is 2.20. The molecule has 1 saturated heterocycles. The molecule has 0 aromatic carbocycles. The molecular formula is C7H9N. The molecule has 1 heteroatoms. The van der Waals surface area contributed by atoms with Crippen LogP contribution in [-0.4, -0.2) is 17.0 Å². The molecule has 0 aromatic heterocycles. The zero-order valence-electron chi connectivity index (χ0n) is 4.75. The minimum Gasteiger partial charge on any atom is -0.367 e. The minimum absolute atomic E-state index is 0.999. The monoisotopic (exact) mass is 107 g/mol. The number of fused-ring (bicyclic) bond motifs is 1. The van der Waals surface area contributed by atoms with Gasteiger partial charge in [-0.25, -0.2) is 0 Å². The van der Waals surface area contributed by atoms with Gasteiger partial charge in [0, 0.05) is 6.04 Å². The van der Waals surface area contributed by atoms with E-state index in [2.05, 4.69) is 17.2 Å². The number of allylic oxidation sites excluding steroid dienone is 1. The quantitative estimate of drug-likeness (QED) is 0.417. The van der Waals surface area contributed by atoms with Crippen LogP contribution in [0, 0.1) is 5.92 Å². The van der Waals surface area contributed by atoms with E-state index < -0.39 is 0 Å². The van der Waals surface area contributed by atoms with Crippen LogP contribution in [0.5, 0.6) is 0 Å². The van der Waals surface area contributed by atoms with Crippen molar-refractivity contribution in [3.8, 4) is 0 Å². The van der Waals surface area contributed by atoms with Crippen molar-refractivity contribution in [3.05, 3.63) is 12.3 Å². The summed E-state index contributed by atoms with van der Waals surface area (Å²) in [7, 11) is 0. The van der Waals surface area contributed by atoms with Crippen molar-refractivity contribution in [2.45, 2.75) is 24.9 Å². The molecule has 3 atom stereocenters. The van der Waals surface area contributed by atoms with Gasteiger partial charge in [-0.2, -0.15) is 0 Å². The van der Waals surface area contributed by atoms with Gasteiger partial charge in [0.25, 0.3) is 0 Å². The van der Waals surface area contributed by atoms with Crippen LogP contribution < -0.4 is 0 Å². The second-order valence-electron chi connectivity index (χ2n) is 3.12. The molecule has 2 fully saturated rings. The molecule has 0 aromatic rings. The van der Waals surface area contributed by atoms with Gasteiger partial charge < -0.3 is 4.90 Å². The van der Waals surface area contributed by atoms with Crippen LogP contribution in [0.4, 0.5) is 0 Å². The van der Waals surface area contributed by atoms with Gasteiger partial charge in [0.2, 0.25) is 0 Å². The summed E-state index contributed by atoms with van der Waals surface area (Å²) >= 11 is 0. The maximum atomic E-state index is 2.49. The van der Waals surface area contributed by atoms with E-state index in [1.807, 2.05) is 0 Å². The highest BCUT2D eigenvalue weighted by Crippen LogP contribution is 2.54. The lowest BCUT2D eigenvalue weighted by molar-refractivity contribution is 0.387. The van der Waals surface area contributed by atoms with Crippen LogP contribution in [0.1, 0.15) is 12.8 Å². The van der Waals surface area contributed by atoms with Crippen LogP contribution in [0.2, 0.25) is 0 Å². The van der Waals surface area contributed by atoms with Crippen LogP contribution in [0.3, 0.4) is 0 Å². The van der Waals surface area contributed by atoms with E-state index in [9.17, 15) is 0 Å². The highest BCUT2D eigenvalue weighted by molar-refractivity contribution is 5.24. The second kappa shape index (κ2) is 0.831. The normalized spacial score (nSPS) is 55.0. The van der Waals surface area contributed by atoms with E-state index in [0.29, 0.717) is 0 Å². The molecule has 0 radical (unpaired) electrons. The zero-order valence-corrected chi connectivity index (χ0v) is 4.75. The number of hydrogen-bond donors (Lipinski definition) is 0. The first-order valence-electron chi connectivity index (χ1n) is 3.41. The van der Waals surface area contributed by atoms with E-state index in [-0.39, 0.29) is 0 Å². The standard InChI is InChI=1S/C7H9N/c1-2-5-4-6-7(5)8(6)3-1/h1,3,5-7H,2,4H2/t5?,6?,7-,8?/m1/s1. The lowest BCUT2D eigenvalue weighted by Gasteiger charge is -2.19. The van der Waals surface area contributed by atoms with E-state index in [1.165, 1.54) is 12.8 Å². The number of hydrogen-bond acceptors (Lipinski definition) is 1. The molecule has 3 rings (SSSR count). The van der Waals surface area contributed by atoms with Crippen LogP contribution in [0.15, 0.2) is 12.3 Å². The summed E-state index contributed by atoms with van der Waals surface area (Å²) in [6.45, 7) is 0. The first-order valence-corrected chi connectivity index (χ1v) is 3.41. The van der Waals surface area contributed by atoms with Crippen molar-refractivity contribution in [2.75, 3.05) is 0 Å². The largest absolute Gasteiger partial charge is 0.367 e. The Kier molecular flexibility index (Phi) is 0.368. The molecule has 1 nitrogen and oxygen atoms in total. The van der Waals surface area contributed by atoms with E-state index in [4.69, 9.17) is 0 Å². The number of rotatable bonds is 0. The molecule has 3 aliphatic rings. The topological polar surface area (TPSA) is 3.01 Å². The smallest absolute Gasteiger partial charge is 0.0523 e. The summed E-state index contributed by atoms with van der Waals surface area (Å²) in [6, 6.07) is 2.01. The SMILES string of the molecule is C1=CN2C3CC(C1)[C@H]32. The van der Waals surface area contributed by atoms with Crippen molar-refractivity contribution in [1.82, 2.24) is 4.90 Å². The van der Waals surface area contributed by atoms with Crippen molar-refractivity contribution in [2.24, 2.45) is 5.92 Å². The summed E-state index contributed by atoms with van der Waals surface area (Å²) in [5.41, 5.74) is 0.